The van der Waals surface area contributed by atoms with Crippen molar-refractivity contribution in [2.75, 3.05) is 5.32 Å². The fourth-order valence-corrected chi connectivity index (χ4v) is 3.32. The zero-order valence-electron chi connectivity index (χ0n) is 15.0. The summed E-state index contributed by atoms with van der Waals surface area (Å²) in [7, 11) is 0. The van der Waals surface area contributed by atoms with Crippen molar-refractivity contribution in [3.05, 3.63) is 81.6 Å². The third-order valence-corrected chi connectivity index (χ3v) is 4.59. The molecule has 0 aliphatic carbocycles. The lowest BCUT2D eigenvalue weighted by atomic mass is 10.0. The van der Waals surface area contributed by atoms with Gasteiger partial charge in [0.05, 0.1) is 0 Å². The molecule has 0 saturated heterocycles. The maximum atomic E-state index is 12.5. The fraction of sp³-hybridized carbons (Fsp3) is 0.150. The highest BCUT2D eigenvalue weighted by Gasteiger charge is 2.15. The van der Waals surface area contributed by atoms with Crippen LogP contribution in [-0.4, -0.2) is 22.0 Å². The number of nitrogens with two attached hydrogens (primary N) is 1. The van der Waals surface area contributed by atoms with Crippen molar-refractivity contribution in [3.63, 3.8) is 0 Å². The van der Waals surface area contributed by atoms with E-state index < -0.39 is 0 Å². The van der Waals surface area contributed by atoms with Crippen LogP contribution in [0, 0.1) is 0 Å². The number of nitrogens with one attached hydrogen (secondary N) is 2. The lowest BCUT2D eigenvalue weighted by Gasteiger charge is -2.08. The normalized spacial score (nSPS) is 11.6. The van der Waals surface area contributed by atoms with Gasteiger partial charge < -0.3 is 11.1 Å². The number of aromatic amines is 1. The van der Waals surface area contributed by atoms with Crippen molar-refractivity contribution in [3.8, 4) is 0 Å². The summed E-state index contributed by atoms with van der Waals surface area (Å²) in [6.07, 6.45) is 0. The van der Waals surface area contributed by atoms with Gasteiger partial charge in [-0.3, -0.25) is 19.0 Å². The van der Waals surface area contributed by atoms with Crippen molar-refractivity contribution in [2.24, 2.45) is 10.7 Å². The lowest BCUT2D eigenvalue weighted by Crippen LogP contribution is -2.23. The molecule has 4 N–H and O–H groups in total. The Hall–Kier alpha value is -3.19. The van der Waals surface area contributed by atoms with Crippen molar-refractivity contribution >= 4 is 33.8 Å². The number of H-pyrrole nitrogens is 1. The summed E-state index contributed by atoms with van der Waals surface area (Å²) in [5.74, 6) is 0.160. The summed E-state index contributed by atoms with van der Waals surface area (Å²) in [4.78, 5) is 28.8. The number of rotatable bonds is 6. The molecule has 0 atom stereocenters. The van der Waals surface area contributed by atoms with Crippen molar-refractivity contribution in [1.29, 1.82) is 0 Å². The zero-order valence-corrected chi connectivity index (χ0v) is 15.8. The number of benzene rings is 2. The molecule has 6 nitrogen and oxygen atoms in total. The number of nitrogens with zero attached hydrogens (tertiary/aromatic N) is 1. The van der Waals surface area contributed by atoms with Crippen molar-refractivity contribution in [2.45, 2.75) is 19.9 Å². The van der Waals surface area contributed by atoms with E-state index in [1.165, 1.54) is 0 Å². The first-order chi connectivity index (χ1) is 13.0. The molecule has 0 amide bonds. The van der Waals surface area contributed by atoms with E-state index in [9.17, 15) is 9.59 Å². The SMILES string of the molecule is CC(C)N=C(N)c1c(Nc2ccc(C(=O)c3ccccc3)cc2)s[nH]c1=O. The Kier molecular flexibility index (Phi) is 5.52. The predicted octanol–water partition coefficient (Wildman–Crippen LogP) is 3.52. The van der Waals surface area contributed by atoms with Gasteiger partial charge in [0.25, 0.3) is 5.56 Å². The number of anilines is 2. The molecule has 1 heterocycles. The topological polar surface area (TPSA) is 100 Å². The summed E-state index contributed by atoms with van der Waals surface area (Å²) < 4.78 is 2.67. The van der Waals surface area contributed by atoms with Crippen LogP contribution in [0.4, 0.5) is 10.7 Å². The number of carbonyl (C=O) groups excluding carboxylic acids is 1. The smallest absolute Gasteiger partial charge is 0.271 e. The van der Waals surface area contributed by atoms with Crippen molar-refractivity contribution < 1.29 is 4.79 Å². The van der Waals surface area contributed by atoms with E-state index in [1.54, 1.807) is 36.4 Å². The molecule has 0 bridgehead atoms. The molecule has 0 radical (unpaired) electrons. The summed E-state index contributed by atoms with van der Waals surface area (Å²) in [6.45, 7) is 3.78. The Morgan fingerprint density at radius 3 is 2.33 bits per heavy atom. The van der Waals surface area contributed by atoms with Crippen LogP contribution in [0.2, 0.25) is 0 Å². The second-order valence-corrected chi connectivity index (χ2v) is 7.06. The first-order valence-electron chi connectivity index (χ1n) is 8.47. The second-order valence-electron chi connectivity index (χ2n) is 6.24. The standard InChI is InChI=1S/C20H20N4O2S/c1-12(2)22-18(21)16-19(26)24-27-20(16)23-15-10-8-14(9-11-15)17(25)13-6-4-3-5-7-13/h3-12,23H,1-2H3,(H2,21,22)(H,24,26). The van der Waals surface area contributed by atoms with Gasteiger partial charge >= 0.3 is 0 Å². The number of aromatic nitrogens is 1. The van der Waals surface area contributed by atoms with Crippen LogP contribution in [0.15, 0.2) is 64.4 Å². The van der Waals surface area contributed by atoms with Gasteiger partial charge in [-0.1, -0.05) is 30.3 Å². The molecule has 0 fully saturated rings. The molecule has 0 spiro atoms. The average molecular weight is 380 g/mol. The van der Waals surface area contributed by atoms with Gasteiger partial charge in [0.1, 0.15) is 16.4 Å². The largest absolute Gasteiger partial charge is 0.383 e. The molecule has 27 heavy (non-hydrogen) atoms. The van der Waals surface area contributed by atoms with Crippen LogP contribution >= 0.6 is 11.5 Å². The van der Waals surface area contributed by atoms with Crippen LogP contribution in [0.3, 0.4) is 0 Å². The van der Waals surface area contributed by atoms with E-state index in [0.717, 1.165) is 17.2 Å². The van der Waals surface area contributed by atoms with Gasteiger partial charge in [-0.2, -0.15) is 0 Å². The molecule has 2 aromatic carbocycles. The van der Waals surface area contributed by atoms with Gasteiger partial charge in [0, 0.05) is 22.9 Å². The Morgan fingerprint density at radius 2 is 1.70 bits per heavy atom. The van der Waals surface area contributed by atoms with Crippen LogP contribution in [0.5, 0.6) is 0 Å². The minimum Gasteiger partial charge on any atom is -0.383 e. The van der Waals surface area contributed by atoms with E-state index >= 15 is 0 Å². The Balaban J connectivity index is 1.82. The Bertz CT molecular complexity index is 1020. The number of ketones is 1. The molecule has 7 heteroatoms. The van der Waals surface area contributed by atoms with Gasteiger partial charge in [-0.25, -0.2) is 0 Å². The van der Waals surface area contributed by atoms with E-state index in [4.69, 9.17) is 5.73 Å². The highest BCUT2D eigenvalue weighted by Crippen LogP contribution is 2.23. The van der Waals surface area contributed by atoms with Crippen LogP contribution < -0.4 is 16.6 Å². The highest BCUT2D eigenvalue weighted by molar-refractivity contribution is 7.10. The first kappa shape index (κ1) is 18.6. The Labute approximate surface area is 160 Å². The van der Waals surface area contributed by atoms with Crippen molar-refractivity contribution in [1.82, 2.24) is 4.37 Å². The van der Waals surface area contributed by atoms with Gasteiger partial charge in [0.15, 0.2) is 5.78 Å². The molecule has 0 unspecified atom stereocenters. The molecular weight excluding hydrogens is 360 g/mol. The summed E-state index contributed by atoms with van der Waals surface area (Å²) in [5.41, 5.74) is 8.01. The monoisotopic (exact) mass is 380 g/mol. The number of amidine groups is 1. The molecule has 0 aliphatic rings. The second kappa shape index (κ2) is 8.01. The highest BCUT2D eigenvalue weighted by atomic mass is 32.1. The zero-order chi connectivity index (χ0) is 19.4. The maximum absolute atomic E-state index is 12.5. The van der Waals surface area contributed by atoms with E-state index in [0.29, 0.717) is 21.7 Å². The third-order valence-electron chi connectivity index (χ3n) is 3.79. The molecule has 1 aromatic heterocycles. The maximum Gasteiger partial charge on any atom is 0.271 e. The summed E-state index contributed by atoms with van der Waals surface area (Å²) in [5, 5.41) is 3.76. The quantitative estimate of drug-likeness (QED) is 0.346. The van der Waals surface area contributed by atoms with Crippen LogP contribution in [0.1, 0.15) is 35.3 Å². The minimum atomic E-state index is -0.278. The number of aliphatic imine (C=N–C) groups is 1. The molecular formula is C20H20N4O2S. The Morgan fingerprint density at radius 1 is 1.07 bits per heavy atom. The van der Waals surface area contributed by atoms with Gasteiger partial charge in [-0.15, -0.1) is 0 Å². The number of hydrogen-bond acceptors (Lipinski definition) is 5. The number of carbonyl (C=O) groups is 1. The minimum absolute atomic E-state index is 0.0135. The van der Waals surface area contributed by atoms with E-state index in [-0.39, 0.29) is 23.2 Å². The molecule has 0 aliphatic heterocycles. The summed E-state index contributed by atoms with van der Waals surface area (Å²) >= 11 is 1.16. The first-order valence-corrected chi connectivity index (χ1v) is 9.29. The van der Waals surface area contributed by atoms with Gasteiger partial charge in [-0.05, 0) is 49.6 Å². The summed E-state index contributed by atoms with van der Waals surface area (Å²) in [6, 6.07) is 16.2. The molecule has 3 rings (SSSR count). The third kappa shape index (κ3) is 4.32. The molecule has 138 valence electrons. The fourth-order valence-electron chi connectivity index (χ4n) is 2.56. The number of hydrogen-bond donors (Lipinski definition) is 3. The molecule has 3 aromatic rings. The van der Waals surface area contributed by atoms with Crippen LogP contribution in [-0.2, 0) is 0 Å². The lowest BCUT2D eigenvalue weighted by molar-refractivity contribution is 0.103. The van der Waals surface area contributed by atoms with Gasteiger partial charge in [0.2, 0.25) is 0 Å². The van der Waals surface area contributed by atoms with E-state index in [2.05, 4.69) is 14.7 Å². The predicted molar refractivity (Wildman–Crippen MR) is 110 cm³/mol. The molecule has 0 saturated carbocycles. The van der Waals surface area contributed by atoms with E-state index in [1.807, 2.05) is 32.0 Å². The van der Waals surface area contributed by atoms with Crippen LogP contribution in [0.25, 0.3) is 0 Å². The average Bonchev–Trinajstić information content (AvgIpc) is 3.02.